The Morgan fingerprint density at radius 2 is 1.95 bits per heavy atom. The quantitative estimate of drug-likeness (QED) is 0.673. The molecule has 0 amide bonds. The van der Waals surface area contributed by atoms with Crippen molar-refractivity contribution < 1.29 is 4.92 Å². The molecule has 19 heavy (non-hydrogen) atoms. The highest BCUT2D eigenvalue weighted by Gasteiger charge is 2.21. The number of aromatic nitrogens is 2. The average Bonchev–Trinajstić information content (AvgIpc) is 2.89. The number of rotatable bonds is 4. The first-order valence-electron chi connectivity index (χ1n) is 5.95. The van der Waals surface area contributed by atoms with Gasteiger partial charge in [-0.3, -0.25) is 10.1 Å². The molecular weight excluding hydrogens is 244 g/mol. The van der Waals surface area contributed by atoms with E-state index in [4.69, 9.17) is 5.73 Å². The molecule has 0 saturated carbocycles. The normalized spacial score (nSPS) is 11.5. The number of hydrogen-bond acceptors (Lipinski definition) is 4. The van der Waals surface area contributed by atoms with Gasteiger partial charge in [-0.1, -0.05) is 13.8 Å². The van der Waals surface area contributed by atoms with Gasteiger partial charge in [0.15, 0.2) is 0 Å². The van der Waals surface area contributed by atoms with Gasteiger partial charge in [-0.05, 0) is 18.2 Å². The van der Waals surface area contributed by atoms with Crippen LogP contribution in [0.15, 0.2) is 36.5 Å². The molecule has 0 spiro atoms. The monoisotopic (exact) mass is 260 g/mol. The van der Waals surface area contributed by atoms with Gasteiger partial charge in [0, 0.05) is 30.3 Å². The molecule has 0 radical (unpaired) electrons. The Morgan fingerprint density at radius 1 is 1.32 bits per heavy atom. The van der Waals surface area contributed by atoms with E-state index in [0.717, 1.165) is 11.4 Å². The van der Waals surface area contributed by atoms with Crippen LogP contribution in [0.3, 0.4) is 0 Å². The van der Waals surface area contributed by atoms with E-state index in [1.165, 1.54) is 12.1 Å². The molecule has 1 aromatic carbocycles. The van der Waals surface area contributed by atoms with Crippen molar-refractivity contribution >= 4 is 5.69 Å². The van der Waals surface area contributed by atoms with Crippen molar-refractivity contribution in [3.05, 3.63) is 52.3 Å². The summed E-state index contributed by atoms with van der Waals surface area (Å²) in [5, 5.41) is 15.1. The third-order valence-corrected chi connectivity index (χ3v) is 3.12. The molecule has 0 bridgehead atoms. The Kier molecular flexibility index (Phi) is 3.35. The number of non-ortho nitro benzene ring substituents is 1. The van der Waals surface area contributed by atoms with Crippen LogP contribution >= 0.6 is 0 Å². The van der Waals surface area contributed by atoms with Crippen LogP contribution in [-0.2, 0) is 5.41 Å². The lowest BCUT2D eigenvalue weighted by Gasteiger charge is -2.19. The van der Waals surface area contributed by atoms with E-state index in [1.54, 1.807) is 16.8 Å². The van der Waals surface area contributed by atoms with E-state index < -0.39 is 4.92 Å². The van der Waals surface area contributed by atoms with Gasteiger partial charge in [0.05, 0.1) is 16.3 Å². The Bertz CT molecular complexity index is 587. The lowest BCUT2D eigenvalue weighted by Crippen LogP contribution is -2.28. The number of nitro benzene ring substituents is 1. The molecule has 0 aliphatic rings. The summed E-state index contributed by atoms with van der Waals surface area (Å²) in [7, 11) is 0. The summed E-state index contributed by atoms with van der Waals surface area (Å²) in [4.78, 5) is 10.2. The third kappa shape index (κ3) is 2.63. The van der Waals surface area contributed by atoms with Gasteiger partial charge in [0.2, 0.25) is 0 Å². The molecule has 2 rings (SSSR count). The van der Waals surface area contributed by atoms with Crippen LogP contribution in [-0.4, -0.2) is 21.2 Å². The topological polar surface area (TPSA) is 87.0 Å². The Morgan fingerprint density at radius 3 is 2.47 bits per heavy atom. The molecule has 2 aromatic rings. The third-order valence-electron chi connectivity index (χ3n) is 3.12. The zero-order chi connectivity index (χ0) is 14.0. The number of nitrogens with two attached hydrogens (primary N) is 1. The highest BCUT2D eigenvalue weighted by atomic mass is 16.6. The summed E-state index contributed by atoms with van der Waals surface area (Å²) in [6.07, 6.45) is 1.83. The van der Waals surface area contributed by atoms with Crippen molar-refractivity contribution in [2.24, 2.45) is 5.73 Å². The van der Waals surface area contributed by atoms with Crippen LogP contribution in [0.1, 0.15) is 19.5 Å². The lowest BCUT2D eigenvalue weighted by atomic mass is 9.90. The van der Waals surface area contributed by atoms with E-state index in [0.29, 0.717) is 6.54 Å². The zero-order valence-electron chi connectivity index (χ0n) is 10.9. The molecule has 0 saturated heterocycles. The number of benzene rings is 1. The van der Waals surface area contributed by atoms with E-state index in [-0.39, 0.29) is 11.1 Å². The minimum absolute atomic E-state index is 0.0680. The van der Waals surface area contributed by atoms with Gasteiger partial charge in [-0.15, -0.1) is 0 Å². The number of nitrogens with zero attached hydrogens (tertiary/aromatic N) is 3. The fourth-order valence-electron chi connectivity index (χ4n) is 1.66. The lowest BCUT2D eigenvalue weighted by molar-refractivity contribution is -0.384. The second-order valence-electron chi connectivity index (χ2n) is 5.01. The molecule has 0 aliphatic carbocycles. The largest absolute Gasteiger partial charge is 0.330 e. The minimum atomic E-state index is -0.421. The molecule has 1 heterocycles. The van der Waals surface area contributed by atoms with Gasteiger partial charge in [0.25, 0.3) is 5.69 Å². The highest BCUT2D eigenvalue weighted by molar-refractivity contribution is 5.40. The van der Waals surface area contributed by atoms with Crippen LogP contribution in [0.25, 0.3) is 5.69 Å². The van der Waals surface area contributed by atoms with Gasteiger partial charge in [0.1, 0.15) is 0 Å². The highest BCUT2D eigenvalue weighted by Crippen LogP contribution is 2.21. The first-order valence-corrected chi connectivity index (χ1v) is 5.95. The smallest absolute Gasteiger partial charge is 0.269 e. The van der Waals surface area contributed by atoms with Crippen LogP contribution < -0.4 is 5.73 Å². The van der Waals surface area contributed by atoms with Crippen molar-refractivity contribution in [3.63, 3.8) is 0 Å². The Labute approximate surface area is 111 Å². The molecule has 0 unspecified atom stereocenters. The first kappa shape index (κ1) is 13.2. The second kappa shape index (κ2) is 4.81. The second-order valence-corrected chi connectivity index (χ2v) is 5.01. The van der Waals surface area contributed by atoms with Crippen LogP contribution in [0, 0.1) is 10.1 Å². The van der Waals surface area contributed by atoms with Gasteiger partial charge in [-0.2, -0.15) is 5.10 Å². The summed E-state index contributed by atoms with van der Waals surface area (Å²) in [6.45, 7) is 4.55. The summed E-state index contributed by atoms with van der Waals surface area (Å²) in [5.74, 6) is 0. The maximum atomic E-state index is 10.6. The maximum absolute atomic E-state index is 10.6. The average molecular weight is 260 g/mol. The fraction of sp³-hybridized carbons (Fsp3) is 0.308. The molecule has 1 aromatic heterocycles. The SMILES string of the molecule is CC(C)(CN)c1ccn(-c2ccc([N+](=O)[O-])cc2)n1. The van der Waals surface area contributed by atoms with Crippen LogP contribution in [0.5, 0.6) is 0 Å². The molecule has 2 N–H and O–H groups in total. The molecule has 0 fully saturated rings. The van der Waals surface area contributed by atoms with Crippen molar-refractivity contribution in [3.8, 4) is 5.69 Å². The van der Waals surface area contributed by atoms with E-state index in [2.05, 4.69) is 5.10 Å². The minimum Gasteiger partial charge on any atom is -0.330 e. The summed E-state index contributed by atoms with van der Waals surface area (Å²) >= 11 is 0. The van der Waals surface area contributed by atoms with E-state index >= 15 is 0 Å². The fourth-order valence-corrected chi connectivity index (χ4v) is 1.66. The van der Waals surface area contributed by atoms with E-state index in [1.807, 2.05) is 26.1 Å². The summed E-state index contributed by atoms with van der Waals surface area (Å²) < 4.78 is 1.69. The predicted octanol–water partition coefficient (Wildman–Crippen LogP) is 2.02. The molecule has 100 valence electrons. The Balaban J connectivity index is 2.30. The maximum Gasteiger partial charge on any atom is 0.269 e. The van der Waals surface area contributed by atoms with Crippen LogP contribution in [0.2, 0.25) is 0 Å². The number of nitro groups is 1. The van der Waals surface area contributed by atoms with Gasteiger partial charge in [-0.25, -0.2) is 4.68 Å². The summed E-state index contributed by atoms with van der Waals surface area (Å²) in [6, 6.07) is 8.18. The predicted molar refractivity (Wildman–Crippen MR) is 72.3 cm³/mol. The number of hydrogen-bond donors (Lipinski definition) is 1. The molecular formula is C13H16N4O2. The summed E-state index contributed by atoms with van der Waals surface area (Å²) in [5.41, 5.74) is 7.27. The van der Waals surface area contributed by atoms with Gasteiger partial charge >= 0.3 is 0 Å². The van der Waals surface area contributed by atoms with Crippen molar-refractivity contribution in [2.45, 2.75) is 19.3 Å². The standard InChI is InChI=1S/C13H16N4O2/c1-13(2,9-14)12-7-8-16(15-12)10-3-5-11(6-4-10)17(18)19/h3-8H,9,14H2,1-2H3. The Hall–Kier alpha value is -2.21. The molecule has 0 atom stereocenters. The molecule has 6 heteroatoms. The van der Waals surface area contributed by atoms with Crippen molar-refractivity contribution in [1.82, 2.24) is 9.78 Å². The molecule has 6 nitrogen and oxygen atoms in total. The zero-order valence-corrected chi connectivity index (χ0v) is 10.9. The van der Waals surface area contributed by atoms with Crippen molar-refractivity contribution in [2.75, 3.05) is 6.54 Å². The van der Waals surface area contributed by atoms with Crippen molar-refractivity contribution in [1.29, 1.82) is 0 Å². The van der Waals surface area contributed by atoms with E-state index in [9.17, 15) is 10.1 Å². The van der Waals surface area contributed by atoms with Crippen LogP contribution in [0.4, 0.5) is 5.69 Å². The first-order chi connectivity index (χ1) is 8.94. The van der Waals surface area contributed by atoms with Gasteiger partial charge < -0.3 is 5.73 Å². The molecule has 0 aliphatic heterocycles.